The Morgan fingerprint density at radius 1 is 1.09 bits per heavy atom. The fourth-order valence-electron chi connectivity index (χ4n) is 3.36. The first-order valence-corrected chi connectivity index (χ1v) is 8.27. The number of hydrogen-bond acceptors (Lipinski definition) is 3. The van der Waals surface area contributed by atoms with Crippen LogP contribution in [-0.2, 0) is 0 Å². The van der Waals surface area contributed by atoms with Crippen molar-refractivity contribution in [2.45, 2.75) is 50.6 Å². The molecule has 0 aliphatic heterocycles. The van der Waals surface area contributed by atoms with Crippen molar-refractivity contribution in [2.24, 2.45) is 0 Å². The van der Waals surface area contributed by atoms with Crippen LogP contribution in [0.1, 0.15) is 48.9 Å². The second kappa shape index (κ2) is 6.37. The molecule has 4 nitrogen and oxygen atoms in total. The topological polar surface area (TPSA) is 38.8 Å². The van der Waals surface area contributed by atoms with Gasteiger partial charge < -0.3 is 14.4 Å². The summed E-state index contributed by atoms with van der Waals surface area (Å²) in [5.74, 6) is 1.04. The van der Waals surface area contributed by atoms with Gasteiger partial charge in [-0.05, 0) is 37.8 Å². The zero-order chi connectivity index (χ0) is 15.7. The molecule has 0 unspecified atom stereocenters. The van der Waals surface area contributed by atoms with E-state index in [2.05, 4.69) is 4.90 Å². The van der Waals surface area contributed by atoms with Gasteiger partial charge >= 0.3 is 0 Å². The molecule has 0 saturated heterocycles. The molecule has 0 radical (unpaired) electrons. The molecule has 22 heavy (non-hydrogen) atoms. The normalized spacial score (nSPS) is 18.3. The van der Waals surface area contributed by atoms with Crippen molar-refractivity contribution in [3.05, 3.63) is 22.7 Å². The molecular formula is C17H22ClNO3. The quantitative estimate of drug-likeness (QED) is 0.824. The zero-order valence-electron chi connectivity index (χ0n) is 13.1. The van der Waals surface area contributed by atoms with Gasteiger partial charge in [0.1, 0.15) is 0 Å². The average molecular weight is 324 g/mol. The van der Waals surface area contributed by atoms with Crippen LogP contribution in [0.15, 0.2) is 12.1 Å². The second-order valence-corrected chi connectivity index (χ2v) is 6.48. The zero-order valence-corrected chi connectivity index (χ0v) is 13.9. The Kier molecular flexibility index (Phi) is 4.48. The first-order chi connectivity index (χ1) is 10.7. The number of carbonyl (C=O) groups excluding carboxylic acids is 1. The van der Waals surface area contributed by atoms with Crippen molar-refractivity contribution in [3.63, 3.8) is 0 Å². The van der Waals surface area contributed by atoms with Crippen LogP contribution in [0.25, 0.3) is 0 Å². The number of benzene rings is 1. The summed E-state index contributed by atoms with van der Waals surface area (Å²) in [4.78, 5) is 15.1. The SMILES string of the molecule is COc1cc(C(=O)N(C2CCCC2)C2CC2)cc(Cl)c1OC. The standard InChI is InChI=1S/C17H22ClNO3/c1-21-15-10-11(9-14(18)16(15)22-2)17(20)19(13-7-8-13)12-5-3-4-6-12/h9-10,12-13H,3-8H2,1-2H3. The summed E-state index contributed by atoms with van der Waals surface area (Å²) in [6, 6.07) is 4.21. The summed E-state index contributed by atoms with van der Waals surface area (Å²) in [6.45, 7) is 0. The van der Waals surface area contributed by atoms with E-state index in [9.17, 15) is 4.79 Å². The molecule has 0 aromatic heterocycles. The van der Waals surface area contributed by atoms with Gasteiger partial charge in [0, 0.05) is 17.6 Å². The van der Waals surface area contributed by atoms with Crippen molar-refractivity contribution in [1.29, 1.82) is 0 Å². The molecule has 0 atom stereocenters. The van der Waals surface area contributed by atoms with Gasteiger partial charge in [-0.15, -0.1) is 0 Å². The third kappa shape index (κ3) is 2.89. The van der Waals surface area contributed by atoms with Crippen molar-refractivity contribution < 1.29 is 14.3 Å². The van der Waals surface area contributed by atoms with E-state index < -0.39 is 0 Å². The average Bonchev–Trinajstić information content (AvgIpc) is 3.20. The maximum Gasteiger partial charge on any atom is 0.254 e. The molecule has 120 valence electrons. The number of ether oxygens (including phenoxy) is 2. The first-order valence-electron chi connectivity index (χ1n) is 7.90. The molecule has 1 amide bonds. The lowest BCUT2D eigenvalue weighted by Crippen LogP contribution is -2.40. The number of methoxy groups -OCH3 is 2. The Hall–Kier alpha value is -1.42. The fourth-order valence-corrected chi connectivity index (χ4v) is 3.64. The number of carbonyl (C=O) groups is 1. The van der Waals surface area contributed by atoms with Crippen LogP contribution < -0.4 is 9.47 Å². The largest absolute Gasteiger partial charge is 0.493 e. The predicted molar refractivity (Wildman–Crippen MR) is 86.0 cm³/mol. The summed E-state index contributed by atoms with van der Waals surface area (Å²) < 4.78 is 10.5. The van der Waals surface area contributed by atoms with Gasteiger partial charge in [0.25, 0.3) is 5.91 Å². The van der Waals surface area contributed by atoms with E-state index >= 15 is 0 Å². The van der Waals surface area contributed by atoms with Gasteiger partial charge in [0.2, 0.25) is 0 Å². The van der Waals surface area contributed by atoms with Crippen molar-refractivity contribution in [3.8, 4) is 11.5 Å². The lowest BCUT2D eigenvalue weighted by Gasteiger charge is -2.29. The summed E-state index contributed by atoms with van der Waals surface area (Å²) >= 11 is 6.24. The summed E-state index contributed by atoms with van der Waals surface area (Å²) in [7, 11) is 3.10. The fraction of sp³-hybridized carbons (Fsp3) is 0.588. The van der Waals surface area contributed by atoms with Crippen molar-refractivity contribution in [2.75, 3.05) is 14.2 Å². The Morgan fingerprint density at radius 3 is 2.27 bits per heavy atom. The highest BCUT2D eigenvalue weighted by atomic mass is 35.5. The van der Waals surface area contributed by atoms with Gasteiger partial charge in [-0.2, -0.15) is 0 Å². The van der Waals surface area contributed by atoms with Gasteiger partial charge in [0.15, 0.2) is 11.5 Å². The Morgan fingerprint density at radius 2 is 1.73 bits per heavy atom. The van der Waals surface area contributed by atoms with Crippen LogP contribution in [0.4, 0.5) is 0 Å². The molecule has 0 bridgehead atoms. The van der Waals surface area contributed by atoms with Crippen LogP contribution in [0, 0.1) is 0 Å². The molecule has 5 heteroatoms. The van der Waals surface area contributed by atoms with Gasteiger partial charge in [-0.1, -0.05) is 24.4 Å². The number of nitrogens with zero attached hydrogens (tertiary/aromatic N) is 1. The first kappa shape index (κ1) is 15.5. The van der Waals surface area contributed by atoms with Crippen LogP contribution in [0.3, 0.4) is 0 Å². The molecule has 1 aromatic carbocycles. The van der Waals surface area contributed by atoms with Crippen molar-refractivity contribution in [1.82, 2.24) is 4.90 Å². The molecule has 2 fully saturated rings. The van der Waals surface area contributed by atoms with Crippen LogP contribution >= 0.6 is 11.6 Å². The molecule has 0 spiro atoms. The number of rotatable bonds is 5. The molecular weight excluding hydrogens is 302 g/mol. The highest BCUT2D eigenvalue weighted by Crippen LogP contribution is 2.39. The van der Waals surface area contributed by atoms with E-state index in [4.69, 9.17) is 21.1 Å². The van der Waals surface area contributed by atoms with Crippen LogP contribution in [0.2, 0.25) is 5.02 Å². The Bertz CT molecular complexity index is 565. The maximum atomic E-state index is 13.0. The molecule has 3 rings (SSSR count). The predicted octanol–water partition coefficient (Wildman–Crippen LogP) is 3.90. The maximum absolute atomic E-state index is 13.0. The lowest BCUT2D eigenvalue weighted by molar-refractivity contribution is 0.0664. The Labute approximate surface area is 136 Å². The molecule has 2 saturated carbocycles. The minimum absolute atomic E-state index is 0.0669. The van der Waals surface area contributed by atoms with E-state index in [0.717, 1.165) is 25.7 Å². The highest BCUT2D eigenvalue weighted by molar-refractivity contribution is 6.32. The number of hydrogen-bond donors (Lipinski definition) is 0. The second-order valence-electron chi connectivity index (χ2n) is 6.08. The highest BCUT2D eigenvalue weighted by Gasteiger charge is 2.39. The van der Waals surface area contributed by atoms with Crippen LogP contribution in [-0.4, -0.2) is 37.1 Å². The third-order valence-corrected chi connectivity index (χ3v) is 4.85. The third-order valence-electron chi connectivity index (χ3n) is 4.57. The number of amides is 1. The monoisotopic (exact) mass is 323 g/mol. The van der Waals surface area contributed by atoms with Gasteiger partial charge in [0.05, 0.1) is 19.2 Å². The number of halogens is 1. The molecule has 1 aromatic rings. The summed E-state index contributed by atoms with van der Waals surface area (Å²) in [6.07, 6.45) is 6.89. The van der Waals surface area contributed by atoms with E-state index in [0.29, 0.717) is 34.2 Å². The van der Waals surface area contributed by atoms with E-state index in [1.54, 1.807) is 26.4 Å². The molecule has 2 aliphatic rings. The van der Waals surface area contributed by atoms with E-state index in [1.807, 2.05) is 0 Å². The summed E-state index contributed by atoms with van der Waals surface area (Å²) in [5, 5.41) is 0.410. The minimum atomic E-state index is 0.0669. The molecule has 0 heterocycles. The van der Waals surface area contributed by atoms with E-state index in [1.165, 1.54) is 12.8 Å². The van der Waals surface area contributed by atoms with Gasteiger partial charge in [-0.3, -0.25) is 4.79 Å². The molecule has 2 aliphatic carbocycles. The van der Waals surface area contributed by atoms with Crippen LogP contribution in [0.5, 0.6) is 11.5 Å². The van der Waals surface area contributed by atoms with Crippen molar-refractivity contribution >= 4 is 17.5 Å². The smallest absolute Gasteiger partial charge is 0.254 e. The molecule has 0 N–H and O–H groups in total. The summed E-state index contributed by atoms with van der Waals surface area (Å²) in [5.41, 5.74) is 0.585. The minimum Gasteiger partial charge on any atom is -0.493 e. The Balaban J connectivity index is 1.91. The van der Waals surface area contributed by atoms with Gasteiger partial charge in [-0.25, -0.2) is 0 Å². The van der Waals surface area contributed by atoms with E-state index in [-0.39, 0.29) is 5.91 Å². The lowest BCUT2D eigenvalue weighted by atomic mass is 10.1.